The smallest absolute Gasteiger partial charge is 0.387 e. The van der Waals surface area contributed by atoms with Gasteiger partial charge >= 0.3 is 6.61 Å². The van der Waals surface area contributed by atoms with E-state index in [0.29, 0.717) is 5.52 Å². The van der Waals surface area contributed by atoms with Gasteiger partial charge in [0.05, 0.1) is 0 Å². The molecule has 0 aliphatic carbocycles. The van der Waals surface area contributed by atoms with Crippen LogP contribution in [-0.2, 0) is 0 Å². The van der Waals surface area contributed by atoms with E-state index in [4.69, 9.17) is 0 Å². The molecule has 0 aliphatic rings. The number of rotatable bonds is 3. The lowest BCUT2D eigenvalue weighted by Crippen LogP contribution is -2.04. The van der Waals surface area contributed by atoms with E-state index in [-0.39, 0.29) is 11.7 Å². The minimum absolute atomic E-state index is 0.141. The van der Waals surface area contributed by atoms with E-state index in [1.165, 1.54) is 0 Å². The Morgan fingerprint density at radius 1 is 1.24 bits per heavy atom. The summed E-state index contributed by atoms with van der Waals surface area (Å²) >= 11 is 0. The van der Waals surface area contributed by atoms with Gasteiger partial charge in [-0.1, -0.05) is 19.9 Å². The van der Waals surface area contributed by atoms with Crippen molar-refractivity contribution < 1.29 is 13.5 Å². The Kier molecular flexibility index (Phi) is 3.22. The number of hydrogen-bond donors (Lipinski definition) is 0. The Balaban J connectivity index is 2.60. The fourth-order valence-electron chi connectivity index (χ4n) is 1.70. The van der Waals surface area contributed by atoms with Crippen molar-refractivity contribution in [3.63, 3.8) is 0 Å². The maximum atomic E-state index is 12.3. The second-order valence-corrected chi connectivity index (χ2v) is 4.13. The molecule has 2 aromatic rings. The van der Waals surface area contributed by atoms with E-state index in [0.717, 1.165) is 10.9 Å². The molecule has 1 aromatic heterocycles. The Morgan fingerprint density at radius 3 is 2.65 bits per heavy atom. The SMILES string of the molecule is CC(C)c1cc(OC(F)F)c2ncccc2c1. The van der Waals surface area contributed by atoms with Crippen molar-refractivity contribution in [1.82, 2.24) is 4.98 Å². The molecule has 1 aromatic carbocycles. The molecular formula is C13H13F2NO. The molecule has 0 bridgehead atoms. The summed E-state index contributed by atoms with van der Waals surface area (Å²) in [7, 11) is 0. The summed E-state index contributed by atoms with van der Waals surface area (Å²) in [5, 5.41) is 0.814. The monoisotopic (exact) mass is 237 g/mol. The van der Waals surface area contributed by atoms with E-state index in [1.807, 2.05) is 26.0 Å². The van der Waals surface area contributed by atoms with Crippen LogP contribution in [-0.4, -0.2) is 11.6 Å². The highest BCUT2D eigenvalue weighted by Gasteiger charge is 2.12. The van der Waals surface area contributed by atoms with Crippen LogP contribution < -0.4 is 4.74 Å². The maximum Gasteiger partial charge on any atom is 0.387 e. The number of pyridine rings is 1. The van der Waals surface area contributed by atoms with Crippen LogP contribution in [0.1, 0.15) is 25.3 Å². The van der Waals surface area contributed by atoms with Crippen LogP contribution in [0.3, 0.4) is 0 Å². The molecule has 17 heavy (non-hydrogen) atoms. The average molecular weight is 237 g/mol. The summed E-state index contributed by atoms with van der Waals surface area (Å²) in [5.41, 5.74) is 1.43. The highest BCUT2D eigenvalue weighted by molar-refractivity contribution is 5.85. The van der Waals surface area contributed by atoms with Gasteiger partial charge in [0.2, 0.25) is 0 Å². The van der Waals surface area contributed by atoms with Crippen molar-refractivity contribution in [2.75, 3.05) is 0 Å². The minimum Gasteiger partial charge on any atom is -0.432 e. The zero-order valence-electron chi connectivity index (χ0n) is 9.65. The van der Waals surface area contributed by atoms with Crippen LogP contribution in [0.2, 0.25) is 0 Å². The quantitative estimate of drug-likeness (QED) is 0.806. The first-order chi connectivity index (χ1) is 8.08. The van der Waals surface area contributed by atoms with E-state index >= 15 is 0 Å². The molecule has 0 spiro atoms. The van der Waals surface area contributed by atoms with E-state index in [9.17, 15) is 8.78 Å². The average Bonchev–Trinajstić information content (AvgIpc) is 2.28. The number of fused-ring (bicyclic) bond motifs is 1. The van der Waals surface area contributed by atoms with Gasteiger partial charge in [-0.2, -0.15) is 8.78 Å². The lowest BCUT2D eigenvalue weighted by Gasteiger charge is -2.12. The van der Waals surface area contributed by atoms with Gasteiger partial charge in [-0.3, -0.25) is 4.98 Å². The molecule has 0 radical (unpaired) electrons. The van der Waals surface area contributed by atoms with Crippen LogP contribution in [0, 0.1) is 0 Å². The lowest BCUT2D eigenvalue weighted by molar-refractivity contribution is -0.0489. The fourth-order valence-corrected chi connectivity index (χ4v) is 1.70. The fraction of sp³-hybridized carbons (Fsp3) is 0.308. The van der Waals surface area contributed by atoms with Crippen molar-refractivity contribution >= 4 is 10.9 Å². The zero-order chi connectivity index (χ0) is 12.4. The summed E-state index contributed by atoms with van der Waals surface area (Å²) in [6, 6.07) is 7.20. The summed E-state index contributed by atoms with van der Waals surface area (Å²) < 4.78 is 29.2. The summed E-state index contributed by atoms with van der Waals surface area (Å²) in [5.74, 6) is 0.390. The predicted octanol–water partition coefficient (Wildman–Crippen LogP) is 3.96. The molecule has 0 saturated carbocycles. The number of aromatic nitrogens is 1. The van der Waals surface area contributed by atoms with Crippen molar-refractivity contribution in [3.05, 3.63) is 36.0 Å². The molecule has 0 N–H and O–H groups in total. The van der Waals surface area contributed by atoms with E-state index in [2.05, 4.69) is 9.72 Å². The van der Waals surface area contributed by atoms with Gasteiger partial charge in [0, 0.05) is 11.6 Å². The first-order valence-electron chi connectivity index (χ1n) is 5.41. The molecule has 0 unspecified atom stereocenters. The first-order valence-corrected chi connectivity index (χ1v) is 5.41. The van der Waals surface area contributed by atoms with Crippen molar-refractivity contribution in [2.45, 2.75) is 26.4 Å². The first kappa shape index (κ1) is 11.8. The van der Waals surface area contributed by atoms with Crippen LogP contribution in [0.5, 0.6) is 5.75 Å². The van der Waals surface area contributed by atoms with Gasteiger partial charge < -0.3 is 4.74 Å². The number of ether oxygens (including phenoxy) is 1. The number of hydrogen-bond acceptors (Lipinski definition) is 2. The number of halogens is 2. The third kappa shape index (κ3) is 2.52. The van der Waals surface area contributed by atoms with Crippen molar-refractivity contribution in [2.24, 2.45) is 0 Å². The Labute approximate surface area is 98.2 Å². The van der Waals surface area contributed by atoms with Gasteiger partial charge in [0.25, 0.3) is 0 Å². The van der Waals surface area contributed by atoms with Crippen molar-refractivity contribution in [3.8, 4) is 5.75 Å². The van der Waals surface area contributed by atoms with Gasteiger partial charge in [-0.25, -0.2) is 0 Å². The molecule has 0 fully saturated rings. The summed E-state index contributed by atoms with van der Waals surface area (Å²) in [6.07, 6.45) is 1.57. The van der Waals surface area contributed by atoms with Crippen LogP contribution in [0.25, 0.3) is 10.9 Å². The molecule has 0 amide bonds. The van der Waals surface area contributed by atoms with E-state index in [1.54, 1.807) is 18.3 Å². The zero-order valence-corrected chi connectivity index (χ0v) is 9.65. The topological polar surface area (TPSA) is 22.1 Å². The largest absolute Gasteiger partial charge is 0.432 e. The molecule has 0 saturated heterocycles. The molecule has 90 valence electrons. The Hall–Kier alpha value is -1.71. The number of nitrogens with zero attached hydrogens (tertiary/aromatic N) is 1. The lowest BCUT2D eigenvalue weighted by atomic mass is 10.0. The third-order valence-electron chi connectivity index (χ3n) is 2.57. The molecule has 4 heteroatoms. The standard InChI is InChI=1S/C13H13F2NO/c1-8(2)10-6-9-4-3-5-16-12(9)11(7-10)17-13(14)15/h3-8,13H,1-2H3. The molecule has 0 aliphatic heterocycles. The maximum absolute atomic E-state index is 12.3. The van der Waals surface area contributed by atoms with Gasteiger partial charge in [0.15, 0.2) is 5.75 Å². The Morgan fingerprint density at radius 2 is 2.00 bits per heavy atom. The summed E-state index contributed by atoms with van der Waals surface area (Å²) in [4.78, 5) is 4.08. The molecular weight excluding hydrogens is 224 g/mol. The second-order valence-electron chi connectivity index (χ2n) is 4.13. The Bertz CT molecular complexity index is 526. The third-order valence-corrected chi connectivity index (χ3v) is 2.57. The number of benzene rings is 1. The molecule has 2 rings (SSSR count). The van der Waals surface area contributed by atoms with Gasteiger partial charge in [0.1, 0.15) is 5.52 Å². The predicted molar refractivity (Wildman–Crippen MR) is 62.5 cm³/mol. The highest BCUT2D eigenvalue weighted by atomic mass is 19.3. The van der Waals surface area contributed by atoms with Gasteiger partial charge in [-0.15, -0.1) is 0 Å². The highest BCUT2D eigenvalue weighted by Crippen LogP contribution is 2.30. The molecule has 2 nitrogen and oxygen atoms in total. The van der Waals surface area contributed by atoms with E-state index < -0.39 is 6.61 Å². The van der Waals surface area contributed by atoms with Crippen LogP contribution in [0.15, 0.2) is 30.5 Å². The molecule has 1 heterocycles. The van der Waals surface area contributed by atoms with Gasteiger partial charge in [-0.05, 0) is 29.7 Å². The second kappa shape index (κ2) is 4.65. The number of alkyl halides is 2. The minimum atomic E-state index is -2.83. The molecule has 0 atom stereocenters. The van der Waals surface area contributed by atoms with Crippen LogP contribution >= 0.6 is 0 Å². The van der Waals surface area contributed by atoms with Crippen molar-refractivity contribution in [1.29, 1.82) is 0 Å². The summed E-state index contributed by atoms with van der Waals surface area (Å²) in [6.45, 7) is 1.18. The van der Waals surface area contributed by atoms with Crippen LogP contribution in [0.4, 0.5) is 8.78 Å². The normalized spacial score (nSPS) is 11.4.